The number of amides is 1. The van der Waals surface area contributed by atoms with Crippen LogP contribution in [0.2, 0.25) is 0 Å². The number of benzene rings is 1. The summed E-state index contributed by atoms with van der Waals surface area (Å²) in [4.78, 5) is 24.3. The summed E-state index contributed by atoms with van der Waals surface area (Å²) in [6.07, 6.45) is 4.99. The van der Waals surface area contributed by atoms with Crippen molar-refractivity contribution < 1.29 is 18.3 Å². The van der Waals surface area contributed by atoms with Gasteiger partial charge in [0.15, 0.2) is 0 Å². The molecule has 0 radical (unpaired) electrons. The van der Waals surface area contributed by atoms with Gasteiger partial charge < -0.3 is 9.64 Å². The number of carbonyl (C=O) groups excluding carboxylic acids is 1. The van der Waals surface area contributed by atoms with Crippen LogP contribution in [0.15, 0.2) is 36.5 Å². The van der Waals surface area contributed by atoms with Crippen LogP contribution >= 0.6 is 0 Å². The van der Waals surface area contributed by atoms with E-state index in [1.54, 1.807) is 11.1 Å². The molecular weight excluding hydrogens is 512 g/mol. The van der Waals surface area contributed by atoms with Crippen molar-refractivity contribution in [3.8, 4) is 11.3 Å². The molecule has 2 aromatic heterocycles. The Morgan fingerprint density at radius 1 is 1.10 bits per heavy atom. The molecule has 3 aliphatic rings. The lowest BCUT2D eigenvalue weighted by Gasteiger charge is -2.38. The van der Waals surface area contributed by atoms with E-state index in [2.05, 4.69) is 29.0 Å². The number of aromatic nitrogens is 4. The summed E-state index contributed by atoms with van der Waals surface area (Å²) >= 11 is 0. The maximum absolute atomic E-state index is 14.6. The Balaban J connectivity index is 1.36. The molecule has 9 heteroatoms. The molecule has 1 saturated heterocycles. The zero-order valence-corrected chi connectivity index (χ0v) is 23.7. The van der Waals surface area contributed by atoms with Crippen molar-refractivity contribution >= 4 is 6.09 Å². The van der Waals surface area contributed by atoms with Gasteiger partial charge in [-0.25, -0.2) is 23.5 Å². The lowest BCUT2D eigenvalue weighted by atomic mass is 9.66. The van der Waals surface area contributed by atoms with Crippen LogP contribution in [0.1, 0.15) is 94.9 Å². The number of hydrogen-bond donors (Lipinski definition) is 0. The Hall–Kier alpha value is -3.49. The number of piperidine rings is 1. The fraction of sp³-hybridized carbons (Fsp3) is 0.516. The van der Waals surface area contributed by atoms with Gasteiger partial charge in [0.2, 0.25) is 0 Å². The van der Waals surface area contributed by atoms with Crippen LogP contribution in [0.5, 0.6) is 0 Å². The molecule has 6 rings (SSSR count). The van der Waals surface area contributed by atoms with Crippen molar-refractivity contribution in [2.75, 3.05) is 13.1 Å². The minimum atomic E-state index is -0.653. The average Bonchev–Trinajstić information content (AvgIpc) is 3.29. The smallest absolute Gasteiger partial charge is 0.410 e. The summed E-state index contributed by atoms with van der Waals surface area (Å²) in [5.41, 5.74) is 1.47. The molecule has 3 heterocycles. The van der Waals surface area contributed by atoms with Crippen LogP contribution in [0.3, 0.4) is 0 Å². The van der Waals surface area contributed by atoms with Crippen molar-refractivity contribution in [2.45, 2.75) is 83.2 Å². The van der Waals surface area contributed by atoms with Gasteiger partial charge in [0, 0.05) is 25.2 Å². The predicted octanol–water partition coefficient (Wildman–Crippen LogP) is 6.53. The van der Waals surface area contributed by atoms with E-state index in [0.29, 0.717) is 18.9 Å². The van der Waals surface area contributed by atoms with Crippen LogP contribution in [0.25, 0.3) is 11.3 Å². The maximum Gasteiger partial charge on any atom is 0.410 e. The molecular formula is C31H35F2N5O2. The zero-order chi connectivity index (χ0) is 28.4. The second-order valence-corrected chi connectivity index (χ2v) is 12.9. The highest BCUT2D eigenvalue weighted by Gasteiger charge is 2.65. The Morgan fingerprint density at radius 3 is 2.58 bits per heavy atom. The van der Waals surface area contributed by atoms with Gasteiger partial charge in [-0.15, -0.1) is 5.10 Å². The molecule has 7 nitrogen and oxygen atoms in total. The van der Waals surface area contributed by atoms with E-state index in [-0.39, 0.29) is 34.6 Å². The topological polar surface area (TPSA) is 81.1 Å². The van der Waals surface area contributed by atoms with Crippen molar-refractivity contribution in [3.63, 3.8) is 0 Å². The minimum Gasteiger partial charge on any atom is -0.444 e. The first-order chi connectivity index (χ1) is 18.9. The highest BCUT2D eigenvalue weighted by atomic mass is 19.1. The number of likely N-dealkylation sites (tertiary alicyclic amines) is 1. The van der Waals surface area contributed by atoms with Crippen LogP contribution in [-0.2, 0) is 10.2 Å². The average molecular weight is 548 g/mol. The zero-order valence-electron chi connectivity index (χ0n) is 23.7. The van der Waals surface area contributed by atoms with Crippen molar-refractivity contribution in [2.24, 2.45) is 5.41 Å². The molecule has 3 aromatic rings. The molecule has 2 bridgehead atoms. The van der Waals surface area contributed by atoms with E-state index < -0.39 is 22.7 Å². The molecule has 210 valence electrons. The first-order valence-electron chi connectivity index (χ1n) is 14.1. The summed E-state index contributed by atoms with van der Waals surface area (Å²) in [5, 5.41) is 8.98. The van der Waals surface area contributed by atoms with Crippen LogP contribution in [-0.4, -0.2) is 49.8 Å². The fourth-order valence-corrected chi connectivity index (χ4v) is 7.25. The van der Waals surface area contributed by atoms with E-state index in [9.17, 15) is 13.6 Å². The molecule has 2 fully saturated rings. The monoisotopic (exact) mass is 547 g/mol. The molecule has 2 aliphatic carbocycles. The third kappa shape index (κ3) is 4.08. The SMILES string of the molecule is CC(C)(C)OC(=O)N1CCC[C@@H](c2nccc([C@]34CC[C@@H](c5cc(-c6c(F)cccc6F)nnc53)C4(C)C)n2)C1. The lowest BCUT2D eigenvalue weighted by Crippen LogP contribution is -2.43. The molecule has 0 N–H and O–H groups in total. The standard InChI is InChI=1S/C31H35F2N5O2/c1-29(2,3)40-28(39)38-15-7-8-18(17-38)27-34-14-12-24(35-27)31-13-11-20(30(31,4)5)19-16-23(36-37-26(19)31)25-21(32)9-6-10-22(25)33/h6,9-10,12,14,16,18,20H,7-8,11,13,15,17H2,1-5H3/t18-,20+,31-/m1/s1. The van der Waals surface area contributed by atoms with E-state index >= 15 is 0 Å². The van der Waals surface area contributed by atoms with Crippen molar-refractivity contribution in [1.82, 2.24) is 25.1 Å². The number of halogens is 2. The summed E-state index contributed by atoms with van der Waals surface area (Å²) in [7, 11) is 0. The molecule has 1 saturated carbocycles. The number of nitrogens with zero attached hydrogens (tertiary/aromatic N) is 5. The molecule has 1 aliphatic heterocycles. The van der Waals surface area contributed by atoms with Crippen molar-refractivity contribution in [1.29, 1.82) is 0 Å². The Kier molecular flexibility index (Phi) is 6.20. The van der Waals surface area contributed by atoms with Gasteiger partial charge in [-0.3, -0.25) is 0 Å². The normalized spacial score (nSPS) is 25.1. The van der Waals surface area contributed by atoms with Gasteiger partial charge >= 0.3 is 6.09 Å². The summed E-state index contributed by atoms with van der Waals surface area (Å²) in [6.45, 7) is 11.2. The second-order valence-electron chi connectivity index (χ2n) is 12.9. The third-order valence-corrected chi connectivity index (χ3v) is 9.15. The van der Waals surface area contributed by atoms with Gasteiger partial charge in [-0.2, -0.15) is 5.10 Å². The first-order valence-corrected chi connectivity index (χ1v) is 14.1. The van der Waals surface area contributed by atoms with Gasteiger partial charge in [-0.05, 0) is 87.6 Å². The quantitative estimate of drug-likeness (QED) is 0.371. The Morgan fingerprint density at radius 2 is 1.85 bits per heavy atom. The van der Waals surface area contributed by atoms with Gasteiger partial charge in [0.05, 0.1) is 28.1 Å². The number of rotatable bonds is 3. The molecule has 0 unspecified atom stereocenters. The van der Waals surface area contributed by atoms with Crippen LogP contribution < -0.4 is 0 Å². The van der Waals surface area contributed by atoms with Crippen LogP contribution in [0, 0.1) is 17.0 Å². The largest absolute Gasteiger partial charge is 0.444 e. The number of ether oxygens (including phenoxy) is 1. The predicted molar refractivity (Wildman–Crippen MR) is 146 cm³/mol. The molecule has 40 heavy (non-hydrogen) atoms. The van der Waals surface area contributed by atoms with Gasteiger partial charge in [0.1, 0.15) is 23.1 Å². The number of fused-ring (bicyclic) bond motifs is 5. The minimum absolute atomic E-state index is 0.00343. The van der Waals surface area contributed by atoms with Gasteiger partial charge in [0.25, 0.3) is 0 Å². The van der Waals surface area contributed by atoms with E-state index in [1.807, 2.05) is 32.9 Å². The van der Waals surface area contributed by atoms with Gasteiger partial charge in [-0.1, -0.05) is 19.9 Å². The lowest BCUT2D eigenvalue weighted by molar-refractivity contribution is 0.0196. The summed E-state index contributed by atoms with van der Waals surface area (Å²) < 4.78 is 34.8. The molecule has 3 atom stereocenters. The third-order valence-electron chi connectivity index (χ3n) is 9.15. The summed E-state index contributed by atoms with van der Waals surface area (Å²) in [5.74, 6) is -0.441. The molecule has 1 aromatic carbocycles. The molecule has 1 amide bonds. The van der Waals surface area contributed by atoms with E-state index in [0.717, 1.165) is 42.6 Å². The van der Waals surface area contributed by atoms with Crippen molar-refractivity contribution in [3.05, 3.63) is 70.9 Å². The van der Waals surface area contributed by atoms with Crippen LogP contribution in [0.4, 0.5) is 13.6 Å². The highest BCUT2D eigenvalue weighted by molar-refractivity contribution is 5.68. The number of hydrogen-bond acceptors (Lipinski definition) is 6. The van der Waals surface area contributed by atoms with E-state index in [1.165, 1.54) is 18.2 Å². The maximum atomic E-state index is 14.6. The highest BCUT2D eigenvalue weighted by Crippen LogP contribution is 2.69. The van der Waals surface area contributed by atoms with E-state index in [4.69, 9.17) is 9.72 Å². The Labute approximate surface area is 233 Å². The number of carbonyl (C=O) groups is 1. The first kappa shape index (κ1) is 26.7. The molecule has 0 spiro atoms. The summed E-state index contributed by atoms with van der Waals surface area (Å²) in [6, 6.07) is 7.61. The Bertz CT molecular complexity index is 1470. The second kappa shape index (κ2) is 9.28. The fourth-order valence-electron chi connectivity index (χ4n) is 7.25.